The number of fused-ring (bicyclic) bond motifs is 1. The molecule has 1 aromatic heterocycles. The molecule has 2 atom stereocenters. The van der Waals surface area contributed by atoms with E-state index in [1.807, 2.05) is 0 Å². The maximum atomic E-state index is 13.1. The second-order valence-corrected chi connectivity index (χ2v) is 11.3. The number of aromatic nitrogens is 1. The summed E-state index contributed by atoms with van der Waals surface area (Å²) in [4.78, 5) is 23.0. The third-order valence-corrected chi connectivity index (χ3v) is 8.81. The number of hydrogen-bond donors (Lipinski definition) is 1. The topological polar surface area (TPSA) is 48.5 Å². The normalized spacial score (nSPS) is 21.0. The molecule has 2 aromatic rings. The van der Waals surface area contributed by atoms with Crippen molar-refractivity contribution in [1.29, 1.82) is 0 Å². The molecule has 5 nitrogen and oxygen atoms in total. The van der Waals surface area contributed by atoms with Crippen molar-refractivity contribution < 1.29 is 4.79 Å². The van der Waals surface area contributed by atoms with E-state index in [0.717, 1.165) is 49.7 Å². The predicted molar refractivity (Wildman–Crippen MR) is 140 cm³/mol. The highest BCUT2D eigenvalue weighted by molar-refractivity contribution is 7.22. The molecule has 6 heteroatoms. The van der Waals surface area contributed by atoms with Crippen LogP contribution in [0.15, 0.2) is 12.1 Å². The standard InChI is InChI=1S/C27H42N4OS/c1-5-21(4)31(23-11-7-6-8-12-23)15-13-28-26(32)22-10-9-14-30(18-22)27-29-25-20(3)16-19(2)17-24(25)33-27/h16-17,21-23H,5-15,18H2,1-4H3,(H,28,32)/t21-,22+/m1/s1. The van der Waals surface area contributed by atoms with E-state index in [-0.39, 0.29) is 11.8 Å². The van der Waals surface area contributed by atoms with Crippen LogP contribution < -0.4 is 10.2 Å². The highest BCUT2D eigenvalue weighted by Gasteiger charge is 2.28. The number of benzene rings is 1. The van der Waals surface area contributed by atoms with Crippen molar-refractivity contribution >= 4 is 32.6 Å². The van der Waals surface area contributed by atoms with E-state index < -0.39 is 0 Å². The van der Waals surface area contributed by atoms with Gasteiger partial charge in [-0.2, -0.15) is 0 Å². The second-order valence-electron chi connectivity index (χ2n) is 10.3. The Kier molecular flexibility index (Phi) is 8.29. The summed E-state index contributed by atoms with van der Waals surface area (Å²) < 4.78 is 1.25. The minimum atomic E-state index is 0.0559. The van der Waals surface area contributed by atoms with E-state index in [9.17, 15) is 4.79 Å². The number of piperidine rings is 1. The molecule has 1 saturated heterocycles. The van der Waals surface area contributed by atoms with Crippen LogP contribution in [0.5, 0.6) is 0 Å². The summed E-state index contributed by atoms with van der Waals surface area (Å²) in [5, 5.41) is 4.36. The molecule has 2 aliphatic rings. The summed E-state index contributed by atoms with van der Waals surface area (Å²) in [5.74, 6) is 0.279. The predicted octanol–water partition coefficient (Wildman–Crippen LogP) is 5.68. The fourth-order valence-corrected chi connectivity index (χ4v) is 6.90. The van der Waals surface area contributed by atoms with Crippen LogP contribution in [0.1, 0.15) is 76.3 Å². The number of amides is 1. The van der Waals surface area contributed by atoms with E-state index in [1.165, 1.54) is 54.4 Å². The summed E-state index contributed by atoms with van der Waals surface area (Å²) in [7, 11) is 0. The average Bonchev–Trinajstić information content (AvgIpc) is 3.26. The summed E-state index contributed by atoms with van der Waals surface area (Å²) in [6.45, 7) is 12.4. The van der Waals surface area contributed by atoms with E-state index in [0.29, 0.717) is 12.1 Å². The Balaban J connectivity index is 1.33. The first-order chi connectivity index (χ1) is 16.0. The lowest BCUT2D eigenvalue weighted by Crippen LogP contribution is -2.48. The number of hydrogen-bond acceptors (Lipinski definition) is 5. The van der Waals surface area contributed by atoms with E-state index >= 15 is 0 Å². The van der Waals surface area contributed by atoms with Crippen LogP contribution in [-0.4, -0.2) is 54.1 Å². The van der Waals surface area contributed by atoms with Crippen LogP contribution in [-0.2, 0) is 4.79 Å². The lowest BCUT2D eigenvalue weighted by atomic mass is 9.93. The van der Waals surface area contributed by atoms with Gasteiger partial charge in [-0.05, 0) is 70.1 Å². The van der Waals surface area contributed by atoms with Gasteiger partial charge in [0.1, 0.15) is 0 Å². The number of carbonyl (C=O) groups is 1. The number of rotatable bonds is 8. The fourth-order valence-electron chi connectivity index (χ4n) is 5.72. The molecule has 1 N–H and O–H groups in total. The van der Waals surface area contributed by atoms with Crippen LogP contribution in [0, 0.1) is 19.8 Å². The van der Waals surface area contributed by atoms with Gasteiger partial charge >= 0.3 is 0 Å². The molecule has 1 saturated carbocycles. The van der Waals surface area contributed by atoms with Crippen molar-refractivity contribution in [2.45, 2.75) is 91.1 Å². The Morgan fingerprint density at radius 2 is 2.00 bits per heavy atom. The first kappa shape index (κ1) is 24.5. The van der Waals surface area contributed by atoms with E-state index in [4.69, 9.17) is 4.98 Å². The quantitative estimate of drug-likeness (QED) is 0.539. The number of carbonyl (C=O) groups excluding carboxylic acids is 1. The number of anilines is 1. The molecule has 0 spiro atoms. The van der Waals surface area contributed by atoms with Gasteiger partial charge in [-0.1, -0.05) is 43.6 Å². The highest BCUT2D eigenvalue weighted by atomic mass is 32.1. The summed E-state index contributed by atoms with van der Waals surface area (Å²) in [5.41, 5.74) is 3.63. The molecule has 0 unspecified atom stereocenters. The molecular formula is C27H42N4OS. The minimum Gasteiger partial charge on any atom is -0.355 e. The second kappa shape index (κ2) is 11.2. The monoisotopic (exact) mass is 470 g/mol. The Labute approximate surface area is 203 Å². The largest absolute Gasteiger partial charge is 0.355 e. The first-order valence-electron chi connectivity index (χ1n) is 13.1. The van der Waals surface area contributed by atoms with Gasteiger partial charge < -0.3 is 10.2 Å². The number of aryl methyl sites for hydroxylation is 2. The zero-order valence-corrected chi connectivity index (χ0v) is 21.8. The molecule has 4 rings (SSSR count). The molecule has 1 aromatic carbocycles. The maximum absolute atomic E-state index is 13.1. The van der Waals surface area contributed by atoms with Crippen LogP contribution >= 0.6 is 11.3 Å². The number of nitrogens with zero attached hydrogens (tertiary/aromatic N) is 3. The van der Waals surface area contributed by atoms with Crippen LogP contribution in [0.3, 0.4) is 0 Å². The molecule has 182 valence electrons. The van der Waals surface area contributed by atoms with Crippen molar-refractivity contribution in [3.8, 4) is 0 Å². The van der Waals surface area contributed by atoms with Crippen molar-refractivity contribution in [3.63, 3.8) is 0 Å². The van der Waals surface area contributed by atoms with Crippen molar-refractivity contribution in [1.82, 2.24) is 15.2 Å². The van der Waals surface area contributed by atoms with E-state index in [1.54, 1.807) is 11.3 Å². The van der Waals surface area contributed by atoms with Crippen LogP contribution in [0.4, 0.5) is 5.13 Å². The third kappa shape index (κ3) is 5.89. The molecule has 1 amide bonds. The summed E-state index contributed by atoms with van der Waals surface area (Å²) >= 11 is 1.77. The third-order valence-electron chi connectivity index (χ3n) is 7.75. The smallest absolute Gasteiger partial charge is 0.224 e. The van der Waals surface area contributed by atoms with E-state index in [2.05, 4.69) is 54.9 Å². The maximum Gasteiger partial charge on any atom is 0.224 e. The van der Waals surface area contributed by atoms with Crippen molar-refractivity contribution in [3.05, 3.63) is 23.3 Å². The zero-order valence-electron chi connectivity index (χ0n) is 21.0. The van der Waals surface area contributed by atoms with Gasteiger partial charge in [0.2, 0.25) is 5.91 Å². The lowest BCUT2D eigenvalue weighted by Gasteiger charge is -2.38. The Hall–Kier alpha value is -1.66. The molecule has 0 radical (unpaired) electrons. The van der Waals surface area contributed by atoms with Gasteiger partial charge in [0.15, 0.2) is 5.13 Å². The van der Waals surface area contributed by atoms with Gasteiger partial charge in [-0.3, -0.25) is 9.69 Å². The molecule has 2 fully saturated rings. The first-order valence-corrected chi connectivity index (χ1v) is 13.9. The van der Waals surface area contributed by atoms with Crippen molar-refractivity contribution in [2.24, 2.45) is 5.92 Å². The van der Waals surface area contributed by atoms with Gasteiger partial charge in [-0.25, -0.2) is 4.98 Å². The lowest BCUT2D eigenvalue weighted by molar-refractivity contribution is -0.125. The Bertz CT molecular complexity index is 936. The summed E-state index contributed by atoms with van der Waals surface area (Å²) in [6, 6.07) is 5.71. The Morgan fingerprint density at radius 3 is 2.76 bits per heavy atom. The van der Waals surface area contributed by atoms with Crippen LogP contribution in [0.2, 0.25) is 0 Å². The number of nitrogens with one attached hydrogen (secondary N) is 1. The summed E-state index contributed by atoms with van der Waals surface area (Å²) in [6.07, 6.45) is 9.92. The molecule has 2 heterocycles. The minimum absolute atomic E-state index is 0.0559. The SMILES string of the molecule is CC[C@@H](C)N(CCNC(=O)[C@H]1CCCN(c2nc3c(C)cc(C)cc3s2)C1)C1CCCCC1. The van der Waals surface area contributed by atoms with Gasteiger partial charge in [-0.15, -0.1) is 0 Å². The zero-order chi connectivity index (χ0) is 23.4. The fraction of sp³-hybridized carbons (Fsp3) is 0.704. The molecule has 1 aliphatic carbocycles. The molecular weight excluding hydrogens is 428 g/mol. The average molecular weight is 471 g/mol. The Morgan fingerprint density at radius 1 is 1.21 bits per heavy atom. The van der Waals surface area contributed by atoms with Gasteiger partial charge in [0, 0.05) is 38.3 Å². The van der Waals surface area contributed by atoms with Crippen LogP contribution in [0.25, 0.3) is 10.2 Å². The van der Waals surface area contributed by atoms with Crippen molar-refractivity contribution in [2.75, 3.05) is 31.1 Å². The van der Waals surface area contributed by atoms with Gasteiger partial charge in [0.25, 0.3) is 0 Å². The highest BCUT2D eigenvalue weighted by Crippen LogP contribution is 2.33. The number of thiazole rings is 1. The molecule has 1 aliphatic heterocycles. The molecule has 33 heavy (non-hydrogen) atoms. The van der Waals surface area contributed by atoms with Gasteiger partial charge in [0.05, 0.1) is 16.1 Å². The molecule has 0 bridgehead atoms.